The summed E-state index contributed by atoms with van der Waals surface area (Å²) in [6, 6.07) is 15.1. The molecule has 0 bridgehead atoms. The number of para-hydroxylation sites is 1. The molecule has 0 aliphatic carbocycles. The number of hydrogen-bond donors (Lipinski definition) is 2. The fraction of sp³-hybridized carbons (Fsp3) is 0.111. The van der Waals surface area contributed by atoms with Gasteiger partial charge in [0.25, 0.3) is 11.8 Å². The van der Waals surface area contributed by atoms with E-state index in [2.05, 4.69) is 5.32 Å². The molecule has 26 heavy (non-hydrogen) atoms. The lowest BCUT2D eigenvalue weighted by Gasteiger charge is -2.12. The Hall–Kier alpha value is -2.87. The van der Waals surface area contributed by atoms with Crippen molar-refractivity contribution in [3.05, 3.63) is 65.0 Å². The highest BCUT2D eigenvalue weighted by molar-refractivity contribution is 7.20. The van der Waals surface area contributed by atoms with Crippen LogP contribution in [0.4, 0.5) is 18.9 Å². The van der Waals surface area contributed by atoms with Crippen molar-refractivity contribution in [1.82, 2.24) is 5.32 Å². The Balaban J connectivity index is 1.79. The maximum atomic E-state index is 12.5. The van der Waals surface area contributed by atoms with Crippen LogP contribution in [0.15, 0.2) is 54.6 Å². The van der Waals surface area contributed by atoms with Crippen molar-refractivity contribution in [2.75, 3.05) is 11.9 Å². The minimum atomic E-state index is -4.51. The summed E-state index contributed by atoms with van der Waals surface area (Å²) in [7, 11) is 0. The topological polar surface area (TPSA) is 58.2 Å². The second-order valence-electron chi connectivity index (χ2n) is 5.45. The van der Waals surface area contributed by atoms with Crippen molar-refractivity contribution < 1.29 is 22.8 Å². The molecule has 0 saturated heterocycles. The first kappa shape index (κ1) is 17.9. The van der Waals surface area contributed by atoms with Gasteiger partial charge in [-0.25, -0.2) is 0 Å². The van der Waals surface area contributed by atoms with Crippen LogP contribution in [0.2, 0.25) is 0 Å². The average molecular weight is 378 g/mol. The lowest BCUT2D eigenvalue weighted by atomic mass is 10.1. The molecule has 0 radical (unpaired) electrons. The molecule has 1 aromatic heterocycles. The molecule has 3 aromatic rings. The van der Waals surface area contributed by atoms with Gasteiger partial charge in [-0.15, -0.1) is 11.3 Å². The molecule has 0 spiro atoms. The number of benzene rings is 2. The zero-order valence-electron chi connectivity index (χ0n) is 13.3. The Morgan fingerprint density at radius 2 is 1.65 bits per heavy atom. The molecule has 0 fully saturated rings. The van der Waals surface area contributed by atoms with E-state index in [1.54, 1.807) is 17.4 Å². The Labute approximate surface area is 150 Å². The number of halogens is 3. The molecule has 4 nitrogen and oxygen atoms in total. The van der Waals surface area contributed by atoms with Gasteiger partial charge in [-0.2, -0.15) is 13.2 Å². The Kier molecular flexibility index (Phi) is 4.94. The summed E-state index contributed by atoms with van der Waals surface area (Å²) in [5.41, 5.74) is 0.112. The SMILES string of the molecule is O=C(Nc1ccccc1C(=O)NCC(F)(F)F)c1cc2ccccc2s1. The average Bonchev–Trinajstić information content (AvgIpc) is 3.04. The number of anilines is 1. The molecule has 0 atom stereocenters. The number of amides is 2. The van der Waals surface area contributed by atoms with Gasteiger partial charge < -0.3 is 10.6 Å². The predicted octanol–water partition coefficient (Wildman–Crippen LogP) is 4.45. The van der Waals surface area contributed by atoms with Gasteiger partial charge in [0.2, 0.25) is 0 Å². The van der Waals surface area contributed by atoms with E-state index < -0.39 is 24.5 Å². The van der Waals surface area contributed by atoms with Crippen molar-refractivity contribution in [2.45, 2.75) is 6.18 Å². The number of carbonyl (C=O) groups is 2. The van der Waals surface area contributed by atoms with Gasteiger partial charge in [0.1, 0.15) is 6.54 Å². The van der Waals surface area contributed by atoms with Gasteiger partial charge >= 0.3 is 6.18 Å². The predicted molar refractivity (Wildman–Crippen MR) is 94.6 cm³/mol. The molecular weight excluding hydrogens is 365 g/mol. The molecule has 0 aliphatic rings. The van der Waals surface area contributed by atoms with Gasteiger partial charge in [0, 0.05) is 4.70 Å². The van der Waals surface area contributed by atoms with Crippen molar-refractivity contribution >= 4 is 38.9 Å². The Morgan fingerprint density at radius 3 is 2.38 bits per heavy atom. The number of hydrogen-bond acceptors (Lipinski definition) is 3. The smallest absolute Gasteiger partial charge is 0.343 e. The summed E-state index contributed by atoms with van der Waals surface area (Å²) in [5, 5.41) is 5.31. The molecule has 0 saturated carbocycles. The van der Waals surface area contributed by atoms with Crippen LogP contribution in [0.25, 0.3) is 10.1 Å². The molecule has 0 aliphatic heterocycles. The first-order chi connectivity index (χ1) is 12.3. The lowest BCUT2D eigenvalue weighted by molar-refractivity contribution is -0.123. The van der Waals surface area contributed by atoms with E-state index in [1.165, 1.54) is 29.5 Å². The third-order valence-electron chi connectivity index (χ3n) is 3.52. The summed E-state index contributed by atoms with van der Waals surface area (Å²) in [4.78, 5) is 24.9. The van der Waals surface area contributed by atoms with Crippen LogP contribution in [0.1, 0.15) is 20.0 Å². The van der Waals surface area contributed by atoms with Crippen LogP contribution in [0.3, 0.4) is 0 Å². The van der Waals surface area contributed by atoms with Crippen LogP contribution >= 0.6 is 11.3 Å². The maximum absolute atomic E-state index is 12.5. The zero-order valence-corrected chi connectivity index (χ0v) is 14.1. The summed E-state index contributed by atoms with van der Waals surface area (Å²) in [5.74, 6) is -1.34. The quantitative estimate of drug-likeness (QED) is 0.705. The fourth-order valence-electron chi connectivity index (χ4n) is 2.34. The van der Waals surface area contributed by atoms with Gasteiger partial charge in [-0.05, 0) is 29.7 Å². The van der Waals surface area contributed by atoms with E-state index in [0.717, 1.165) is 10.1 Å². The molecule has 1 heterocycles. The van der Waals surface area contributed by atoms with E-state index in [-0.39, 0.29) is 11.3 Å². The molecule has 134 valence electrons. The second kappa shape index (κ2) is 7.17. The second-order valence-corrected chi connectivity index (χ2v) is 6.53. The van der Waals surface area contributed by atoms with E-state index >= 15 is 0 Å². The number of carbonyl (C=O) groups excluding carboxylic acids is 2. The summed E-state index contributed by atoms with van der Waals surface area (Å²) >= 11 is 1.29. The third kappa shape index (κ3) is 4.20. The van der Waals surface area contributed by atoms with Crippen molar-refractivity contribution in [2.24, 2.45) is 0 Å². The van der Waals surface area contributed by atoms with E-state index in [1.807, 2.05) is 24.3 Å². The first-order valence-corrected chi connectivity index (χ1v) is 8.39. The largest absolute Gasteiger partial charge is 0.405 e. The van der Waals surface area contributed by atoms with Crippen LogP contribution in [0, 0.1) is 0 Å². The Bertz CT molecular complexity index is 933. The minimum absolute atomic E-state index is 0.0359. The maximum Gasteiger partial charge on any atom is 0.405 e. The van der Waals surface area contributed by atoms with Crippen LogP contribution in [0.5, 0.6) is 0 Å². The normalized spacial score (nSPS) is 11.3. The van der Waals surface area contributed by atoms with Crippen LogP contribution in [-0.2, 0) is 0 Å². The number of fused-ring (bicyclic) bond motifs is 1. The van der Waals surface area contributed by atoms with Gasteiger partial charge in [0.15, 0.2) is 0 Å². The molecule has 2 amide bonds. The molecule has 8 heteroatoms. The molecule has 0 unspecified atom stereocenters. The summed E-state index contributed by atoms with van der Waals surface area (Å²) < 4.78 is 37.8. The van der Waals surface area contributed by atoms with Crippen LogP contribution in [-0.4, -0.2) is 24.5 Å². The fourth-order valence-corrected chi connectivity index (χ4v) is 3.30. The van der Waals surface area contributed by atoms with Crippen molar-refractivity contribution in [1.29, 1.82) is 0 Å². The summed E-state index contributed by atoms with van der Waals surface area (Å²) in [6.07, 6.45) is -4.51. The molecule has 3 rings (SSSR count). The molecule has 2 aromatic carbocycles. The monoisotopic (exact) mass is 378 g/mol. The number of thiophene rings is 1. The van der Waals surface area contributed by atoms with E-state index in [9.17, 15) is 22.8 Å². The first-order valence-electron chi connectivity index (χ1n) is 7.57. The van der Waals surface area contributed by atoms with E-state index in [4.69, 9.17) is 0 Å². The Morgan fingerprint density at radius 1 is 0.962 bits per heavy atom. The molecule has 2 N–H and O–H groups in total. The summed E-state index contributed by atoms with van der Waals surface area (Å²) in [6.45, 7) is -1.44. The number of rotatable bonds is 4. The van der Waals surface area contributed by atoms with Gasteiger partial charge in [-0.3, -0.25) is 9.59 Å². The minimum Gasteiger partial charge on any atom is -0.343 e. The van der Waals surface area contributed by atoms with Crippen molar-refractivity contribution in [3.8, 4) is 0 Å². The highest BCUT2D eigenvalue weighted by atomic mass is 32.1. The van der Waals surface area contributed by atoms with Gasteiger partial charge in [-0.1, -0.05) is 30.3 Å². The number of nitrogens with one attached hydrogen (secondary N) is 2. The van der Waals surface area contributed by atoms with Crippen LogP contribution < -0.4 is 10.6 Å². The lowest BCUT2D eigenvalue weighted by Crippen LogP contribution is -2.34. The number of alkyl halides is 3. The van der Waals surface area contributed by atoms with Crippen molar-refractivity contribution in [3.63, 3.8) is 0 Å². The third-order valence-corrected chi connectivity index (χ3v) is 4.63. The standard InChI is InChI=1S/C18H13F3N2O2S/c19-18(20,21)10-22-16(24)12-6-2-3-7-13(12)23-17(25)15-9-11-5-1-4-8-14(11)26-15/h1-9H,10H2,(H,22,24)(H,23,25). The highest BCUT2D eigenvalue weighted by Gasteiger charge is 2.28. The van der Waals surface area contributed by atoms with E-state index in [0.29, 0.717) is 4.88 Å². The zero-order chi connectivity index (χ0) is 18.7. The highest BCUT2D eigenvalue weighted by Crippen LogP contribution is 2.26. The van der Waals surface area contributed by atoms with Gasteiger partial charge in [0.05, 0.1) is 16.1 Å². The molecular formula is C18H13F3N2O2S.